The summed E-state index contributed by atoms with van der Waals surface area (Å²) in [5.41, 5.74) is 2.20. The molecule has 0 bridgehead atoms. The quantitative estimate of drug-likeness (QED) is 0.615. The van der Waals surface area contributed by atoms with Gasteiger partial charge < -0.3 is 4.74 Å². The summed E-state index contributed by atoms with van der Waals surface area (Å²) in [5.74, 6) is -0.498. The fraction of sp³-hybridized carbons (Fsp3) is 0.444. The molecule has 0 aromatic carbocycles. The molecule has 0 atom stereocenters. The molecule has 0 aliphatic heterocycles. The number of hydrogen-bond acceptors (Lipinski definition) is 5. The largest absolute Gasteiger partial charge is 0.465 e. The number of fused-ring (bicyclic) bond motifs is 1. The normalized spacial score (nSPS) is 11.5. The predicted octanol–water partition coefficient (Wildman–Crippen LogP) is 3.43. The van der Waals surface area contributed by atoms with Gasteiger partial charge in [-0.1, -0.05) is 0 Å². The van der Waals surface area contributed by atoms with Crippen LogP contribution in [0, 0.1) is 13.8 Å². The Morgan fingerprint density at radius 2 is 1.96 bits per heavy atom. The van der Waals surface area contributed by atoms with E-state index in [9.17, 15) is 13.6 Å². The first-order valence-corrected chi connectivity index (χ1v) is 8.71. The van der Waals surface area contributed by atoms with Crippen LogP contribution in [-0.4, -0.2) is 37.1 Å². The highest BCUT2D eigenvalue weighted by Gasteiger charge is 2.23. The van der Waals surface area contributed by atoms with Gasteiger partial charge in [0.05, 0.1) is 29.1 Å². The van der Waals surface area contributed by atoms with Gasteiger partial charge in [-0.05, 0) is 33.8 Å². The van der Waals surface area contributed by atoms with Crippen LogP contribution in [0.1, 0.15) is 37.2 Å². The number of carbonyl (C=O) groups excluding carboxylic acids is 1. The molecule has 3 aromatic heterocycles. The number of alkyl halides is 2. The van der Waals surface area contributed by atoms with Crippen molar-refractivity contribution in [2.24, 2.45) is 0 Å². The van der Waals surface area contributed by atoms with Crippen LogP contribution in [0.5, 0.6) is 0 Å². The third-order valence-electron chi connectivity index (χ3n) is 4.27. The van der Waals surface area contributed by atoms with E-state index in [0.29, 0.717) is 29.2 Å². The molecule has 0 saturated carbocycles. The van der Waals surface area contributed by atoms with Gasteiger partial charge in [0.25, 0.3) is 6.43 Å². The first-order chi connectivity index (χ1) is 12.8. The number of halogens is 2. The molecule has 3 aromatic rings. The zero-order valence-electron chi connectivity index (χ0n) is 15.7. The highest BCUT2D eigenvalue weighted by molar-refractivity contribution is 5.86. The van der Waals surface area contributed by atoms with Crippen molar-refractivity contribution in [3.63, 3.8) is 0 Å². The molecule has 0 spiro atoms. The van der Waals surface area contributed by atoms with Crippen LogP contribution < -0.4 is 0 Å². The maximum atomic E-state index is 13.8. The van der Waals surface area contributed by atoms with Crippen LogP contribution in [0.15, 0.2) is 12.3 Å². The number of aryl methyl sites for hydroxylation is 3. The van der Waals surface area contributed by atoms with Gasteiger partial charge in [-0.2, -0.15) is 10.2 Å². The highest BCUT2D eigenvalue weighted by atomic mass is 19.3. The number of carbonyl (C=O) groups is 1. The molecule has 0 radical (unpaired) electrons. The molecule has 144 valence electrons. The first-order valence-electron chi connectivity index (χ1n) is 8.71. The second-order valence-corrected chi connectivity index (χ2v) is 6.13. The van der Waals surface area contributed by atoms with Crippen LogP contribution in [-0.2, 0) is 22.6 Å². The third kappa shape index (κ3) is 3.54. The summed E-state index contributed by atoms with van der Waals surface area (Å²) >= 11 is 0. The van der Waals surface area contributed by atoms with E-state index in [2.05, 4.69) is 15.2 Å². The lowest BCUT2D eigenvalue weighted by atomic mass is 10.1. The fourth-order valence-electron chi connectivity index (χ4n) is 3.07. The summed E-state index contributed by atoms with van der Waals surface area (Å²) in [4.78, 5) is 16.4. The van der Waals surface area contributed by atoms with Crippen LogP contribution in [0.25, 0.3) is 22.3 Å². The van der Waals surface area contributed by atoms with Gasteiger partial charge in [0.2, 0.25) is 0 Å². The van der Waals surface area contributed by atoms with E-state index in [0.717, 1.165) is 0 Å². The molecular formula is C18H21F2N5O2. The van der Waals surface area contributed by atoms with E-state index in [-0.39, 0.29) is 29.7 Å². The molecule has 0 N–H and O–H groups in total. The van der Waals surface area contributed by atoms with Crippen molar-refractivity contribution in [3.8, 4) is 11.3 Å². The molecule has 27 heavy (non-hydrogen) atoms. The van der Waals surface area contributed by atoms with E-state index in [1.54, 1.807) is 31.6 Å². The van der Waals surface area contributed by atoms with Crippen molar-refractivity contribution < 1.29 is 18.3 Å². The van der Waals surface area contributed by atoms with Crippen molar-refractivity contribution in [3.05, 3.63) is 29.2 Å². The second-order valence-electron chi connectivity index (χ2n) is 6.13. The van der Waals surface area contributed by atoms with E-state index < -0.39 is 12.4 Å². The summed E-state index contributed by atoms with van der Waals surface area (Å²) in [6, 6.07) is 1.38. The zero-order chi connectivity index (χ0) is 19.7. The molecule has 3 rings (SSSR count). The summed E-state index contributed by atoms with van der Waals surface area (Å²) in [7, 11) is 0. The van der Waals surface area contributed by atoms with Crippen LogP contribution >= 0.6 is 0 Å². The highest BCUT2D eigenvalue weighted by Crippen LogP contribution is 2.33. The standard InChI is InChI=1S/C18H21F2N5O2/c1-5-24-8-13(10(3)22-24)14-7-12(17(19)20)16-11(4)23-25(18(16)21-14)9-15(26)27-6-2/h7-8,17H,5-6,9H2,1-4H3. The van der Waals surface area contributed by atoms with E-state index in [1.807, 2.05) is 6.92 Å². The van der Waals surface area contributed by atoms with Crippen LogP contribution in [0.3, 0.4) is 0 Å². The lowest BCUT2D eigenvalue weighted by molar-refractivity contribution is -0.143. The van der Waals surface area contributed by atoms with Crippen molar-refractivity contribution in [2.75, 3.05) is 6.61 Å². The smallest absolute Gasteiger partial charge is 0.327 e. The van der Waals surface area contributed by atoms with Crippen LogP contribution in [0.2, 0.25) is 0 Å². The average Bonchev–Trinajstić information content (AvgIpc) is 3.14. The molecule has 0 aliphatic carbocycles. The Labute approximate surface area is 154 Å². The fourth-order valence-corrected chi connectivity index (χ4v) is 3.07. The Balaban J connectivity index is 2.21. The summed E-state index contributed by atoms with van der Waals surface area (Å²) in [5, 5.41) is 8.85. The number of aromatic nitrogens is 5. The van der Waals surface area contributed by atoms with Crippen molar-refractivity contribution in [1.29, 1.82) is 0 Å². The monoisotopic (exact) mass is 377 g/mol. The molecule has 3 heterocycles. The number of esters is 1. The first kappa shape index (κ1) is 18.9. The number of nitrogens with zero attached hydrogens (tertiary/aromatic N) is 5. The van der Waals surface area contributed by atoms with Gasteiger partial charge in [0.15, 0.2) is 5.65 Å². The predicted molar refractivity (Wildman–Crippen MR) is 95.5 cm³/mol. The van der Waals surface area contributed by atoms with Gasteiger partial charge in [0, 0.05) is 23.9 Å². The minimum atomic E-state index is -2.70. The van der Waals surface area contributed by atoms with Crippen LogP contribution in [0.4, 0.5) is 8.78 Å². The topological polar surface area (TPSA) is 74.8 Å². The summed E-state index contributed by atoms with van der Waals surface area (Å²) in [6.45, 7) is 7.76. The maximum absolute atomic E-state index is 13.8. The SMILES string of the molecule is CCOC(=O)Cn1nc(C)c2c(C(F)F)cc(-c3cn(CC)nc3C)nc21. The Hall–Kier alpha value is -2.84. The van der Waals surface area contributed by atoms with Gasteiger partial charge >= 0.3 is 5.97 Å². The summed E-state index contributed by atoms with van der Waals surface area (Å²) < 4.78 is 35.5. The van der Waals surface area contributed by atoms with Gasteiger partial charge in [-0.25, -0.2) is 18.4 Å². The molecule has 0 aliphatic rings. The van der Waals surface area contributed by atoms with E-state index >= 15 is 0 Å². The van der Waals surface area contributed by atoms with E-state index in [1.165, 1.54) is 10.7 Å². The van der Waals surface area contributed by atoms with Gasteiger partial charge in [-0.3, -0.25) is 9.48 Å². The van der Waals surface area contributed by atoms with E-state index in [4.69, 9.17) is 4.74 Å². The number of pyridine rings is 1. The molecular weight excluding hydrogens is 356 g/mol. The number of ether oxygens (including phenoxy) is 1. The van der Waals surface area contributed by atoms with Crippen molar-refractivity contribution in [2.45, 2.75) is 47.2 Å². The Bertz CT molecular complexity index is 993. The Morgan fingerprint density at radius 3 is 2.56 bits per heavy atom. The Kier molecular flexibility index (Phi) is 5.20. The maximum Gasteiger partial charge on any atom is 0.327 e. The van der Waals surface area contributed by atoms with Gasteiger partial charge in [0.1, 0.15) is 6.54 Å². The number of hydrogen-bond donors (Lipinski definition) is 0. The molecule has 0 amide bonds. The minimum absolute atomic E-state index is 0.161. The lowest BCUT2D eigenvalue weighted by Gasteiger charge is -2.08. The van der Waals surface area contributed by atoms with Gasteiger partial charge in [-0.15, -0.1) is 0 Å². The third-order valence-corrected chi connectivity index (χ3v) is 4.27. The summed E-state index contributed by atoms with van der Waals surface area (Å²) in [6.07, 6.45) is -0.924. The second kappa shape index (κ2) is 7.42. The molecule has 9 heteroatoms. The molecule has 7 nitrogen and oxygen atoms in total. The van der Waals surface area contributed by atoms with Crippen molar-refractivity contribution >= 4 is 17.0 Å². The Morgan fingerprint density at radius 1 is 1.22 bits per heavy atom. The molecule has 0 fully saturated rings. The zero-order valence-corrected chi connectivity index (χ0v) is 15.7. The molecule has 0 unspecified atom stereocenters. The van der Waals surface area contributed by atoms with Crippen molar-refractivity contribution in [1.82, 2.24) is 24.5 Å². The minimum Gasteiger partial charge on any atom is -0.465 e. The average molecular weight is 377 g/mol. The number of rotatable bonds is 6. The lowest BCUT2D eigenvalue weighted by Crippen LogP contribution is -2.15. The molecule has 0 saturated heterocycles.